The summed E-state index contributed by atoms with van der Waals surface area (Å²) >= 11 is 0. The molecule has 0 aliphatic carbocycles. The highest BCUT2D eigenvalue weighted by molar-refractivity contribution is 5.94. The van der Waals surface area contributed by atoms with Crippen molar-refractivity contribution in [3.63, 3.8) is 0 Å². The average molecular weight is 333 g/mol. The second kappa shape index (κ2) is 12.0. The molecule has 0 aromatic carbocycles. The highest BCUT2D eigenvalue weighted by Gasteiger charge is 2.16. The molecule has 0 bridgehead atoms. The number of aryl methyl sites for hydroxylation is 2. The van der Waals surface area contributed by atoms with E-state index in [1.165, 1.54) is 38.5 Å². The molecule has 0 unspecified atom stereocenters. The Kier molecular flexibility index (Phi) is 10.4. The molecule has 1 aromatic rings. The van der Waals surface area contributed by atoms with Gasteiger partial charge in [-0.3, -0.25) is 9.78 Å². The normalized spacial score (nSPS) is 11.0. The fraction of sp³-hybridized carbons (Fsp3) is 0.714. The number of rotatable bonds is 13. The van der Waals surface area contributed by atoms with E-state index in [9.17, 15) is 4.79 Å². The van der Waals surface area contributed by atoms with Crippen molar-refractivity contribution >= 4 is 5.91 Å². The molecule has 1 heterocycles. The number of nitrogens with two attached hydrogens (primary N) is 1. The quantitative estimate of drug-likeness (QED) is 0.493. The molecule has 0 radical (unpaired) electrons. The molecule has 1 aromatic heterocycles. The molecular formula is C21H36N2O. The van der Waals surface area contributed by atoms with Crippen LogP contribution in [0.1, 0.15) is 106 Å². The van der Waals surface area contributed by atoms with Gasteiger partial charge in [0.2, 0.25) is 5.91 Å². The molecule has 2 N–H and O–H groups in total. The highest BCUT2D eigenvalue weighted by atomic mass is 16.1. The number of carbonyl (C=O) groups is 1. The van der Waals surface area contributed by atoms with Crippen molar-refractivity contribution in [1.29, 1.82) is 0 Å². The van der Waals surface area contributed by atoms with Crippen molar-refractivity contribution in [2.45, 2.75) is 97.8 Å². The molecule has 3 heteroatoms. The number of amides is 1. The molecule has 0 spiro atoms. The van der Waals surface area contributed by atoms with Crippen LogP contribution in [-0.2, 0) is 19.3 Å². The number of hydrogen-bond acceptors (Lipinski definition) is 2. The van der Waals surface area contributed by atoms with Gasteiger partial charge in [-0.05, 0) is 50.2 Å². The van der Waals surface area contributed by atoms with Gasteiger partial charge in [0, 0.05) is 17.0 Å². The zero-order valence-corrected chi connectivity index (χ0v) is 16.0. The number of hydrogen-bond donors (Lipinski definition) is 1. The molecule has 0 fully saturated rings. The van der Waals surface area contributed by atoms with E-state index in [2.05, 4.69) is 20.8 Å². The van der Waals surface area contributed by atoms with Crippen molar-refractivity contribution in [3.05, 3.63) is 28.6 Å². The van der Waals surface area contributed by atoms with E-state index in [0.717, 1.165) is 61.0 Å². The summed E-state index contributed by atoms with van der Waals surface area (Å²) in [7, 11) is 0. The number of primary amides is 1. The zero-order valence-electron chi connectivity index (χ0n) is 16.0. The number of pyridine rings is 1. The van der Waals surface area contributed by atoms with E-state index in [4.69, 9.17) is 10.7 Å². The monoisotopic (exact) mass is 332 g/mol. The summed E-state index contributed by atoms with van der Waals surface area (Å²) in [5.41, 5.74) is 9.71. The van der Waals surface area contributed by atoms with Gasteiger partial charge in [-0.1, -0.05) is 59.3 Å². The molecule has 3 nitrogen and oxygen atoms in total. The third-order valence-corrected chi connectivity index (χ3v) is 4.61. The summed E-state index contributed by atoms with van der Waals surface area (Å²) in [5, 5.41) is 0. The number of aromatic nitrogens is 1. The molecule has 1 rings (SSSR count). The van der Waals surface area contributed by atoms with Gasteiger partial charge in [-0.25, -0.2) is 0 Å². The summed E-state index contributed by atoms with van der Waals surface area (Å²) in [6.45, 7) is 6.62. The molecule has 0 saturated carbocycles. The smallest absolute Gasteiger partial charge is 0.249 e. The standard InChI is InChI=1S/C21H36N2O/c1-4-7-10-13-17-16-19(21(22)24)18(14-11-8-5-2)20(23-17)15-12-9-6-3/h16H,4-15H2,1-3H3,(H2,22,24). The maximum absolute atomic E-state index is 12.0. The van der Waals surface area contributed by atoms with Crippen LogP contribution in [-0.4, -0.2) is 10.9 Å². The van der Waals surface area contributed by atoms with E-state index in [1.54, 1.807) is 0 Å². The van der Waals surface area contributed by atoms with Gasteiger partial charge >= 0.3 is 0 Å². The summed E-state index contributed by atoms with van der Waals surface area (Å²) in [6.07, 6.45) is 13.4. The largest absolute Gasteiger partial charge is 0.366 e. The maximum atomic E-state index is 12.0. The van der Waals surface area contributed by atoms with Crippen LogP contribution in [0.25, 0.3) is 0 Å². The van der Waals surface area contributed by atoms with Crippen LogP contribution in [0.5, 0.6) is 0 Å². The predicted octanol–water partition coefficient (Wildman–Crippen LogP) is 5.38. The number of carbonyl (C=O) groups excluding carboxylic acids is 1. The number of unbranched alkanes of at least 4 members (excludes halogenated alkanes) is 6. The Balaban J connectivity index is 3.06. The van der Waals surface area contributed by atoms with Crippen LogP contribution in [0.3, 0.4) is 0 Å². The van der Waals surface area contributed by atoms with E-state index >= 15 is 0 Å². The first kappa shape index (κ1) is 20.7. The van der Waals surface area contributed by atoms with Crippen molar-refractivity contribution in [2.75, 3.05) is 0 Å². The second-order valence-electron chi connectivity index (χ2n) is 6.82. The first-order valence-corrected chi connectivity index (χ1v) is 9.95. The summed E-state index contributed by atoms with van der Waals surface area (Å²) in [4.78, 5) is 16.9. The first-order chi connectivity index (χ1) is 11.6. The molecule has 24 heavy (non-hydrogen) atoms. The molecule has 0 aliphatic rings. The molecule has 0 atom stereocenters. The van der Waals surface area contributed by atoms with E-state index in [0.29, 0.717) is 0 Å². The predicted molar refractivity (Wildman–Crippen MR) is 102 cm³/mol. The summed E-state index contributed by atoms with van der Waals surface area (Å²) < 4.78 is 0. The second-order valence-corrected chi connectivity index (χ2v) is 6.82. The SMILES string of the molecule is CCCCCc1cc(C(N)=O)c(CCCCC)c(CCCCC)n1. The number of nitrogens with zero attached hydrogens (tertiary/aromatic N) is 1. The lowest BCUT2D eigenvalue weighted by molar-refractivity contribution is 0.0999. The van der Waals surface area contributed by atoms with Crippen LogP contribution in [0.15, 0.2) is 6.07 Å². The van der Waals surface area contributed by atoms with Gasteiger partial charge < -0.3 is 5.73 Å². The fourth-order valence-electron chi connectivity index (χ4n) is 3.17. The zero-order chi connectivity index (χ0) is 17.8. The summed E-state index contributed by atoms with van der Waals surface area (Å²) in [6, 6.07) is 1.96. The molecule has 1 amide bonds. The van der Waals surface area contributed by atoms with Gasteiger partial charge in [0.1, 0.15) is 0 Å². The van der Waals surface area contributed by atoms with E-state index in [-0.39, 0.29) is 5.91 Å². The third kappa shape index (κ3) is 7.02. The maximum Gasteiger partial charge on any atom is 0.249 e. The van der Waals surface area contributed by atoms with Crippen molar-refractivity contribution in [3.8, 4) is 0 Å². The lowest BCUT2D eigenvalue weighted by Crippen LogP contribution is -2.17. The van der Waals surface area contributed by atoms with Crippen LogP contribution < -0.4 is 5.73 Å². The lowest BCUT2D eigenvalue weighted by Gasteiger charge is -2.15. The van der Waals surface area contributed by atoms with Crippen LogP contribution >= 0.6 is 0 Å². The van der Waals surface area contributed by atoms with Gasteiger partial charge in [-0.15, -0.1) is 0 Å². The first-order valence-electron chi connectivity index (χ1n) is 9.95. The third-order valence-electron chi connectivity index (χ3n) is 4.61. The Morgan fingerprint density at radius 1 is 0.875 bits per heavy atom. The minimum atomic E-state index is -0.294. The van der Waals surface area contributed by atoms with Crippen LogP contribution in [0.4, 0.5) is 0 Å². The minimum Gasteiger partial charge on any atom is -0.366 e. The Hall–Kier alpha value is -1.38. The minimum absolute atomic E-state index is 0.294. The Bertz CT molecular complexity index is 497. The molecule has 0 saturated heterocycles. The van der Waals surface area contributed by atoms with Gasteiger partial charge in [-0.2, -0.15) is 0 Å². The van der Waals surface area contributed by atoms with Gasteiger partial charge in [0.25, 0.3) is 0 Å². The van der Waals surface area contributed by atoms with E-state index < -0.39 is 0 Å². The molecular weight excluding hydrogens is 296 g/mol. The van der Waals surface area contributed by atoms with Crippen molar-refractivity contribution in [2.24, 2.45) is 5.73 Å². The van der Waals surface area contributed by atoms with Crippen molar-refractivity contribution in [1.82, 2.24) is 4.98 Å². The summed E-state index contributed by atoms with van der Waals surface area (Å²) in [5.74, 6) is -0.294. The van der Waals surface area contributed by atoms with E-state index in [1.807, 2.05) is 6.07 Å². The van der Waals surface area contributed by atoms with Gasteiger partial charge in [0.15, 0.2) is 0 Å². The Morgan fingerprint density at radius 2 is 1.42 bits per heavy atom. The lowest BCUT2D eigenvalue weighted by atomic mass is 9.95. The fourth-order valence-corrected chi connectivity index (χ4v) is 3.17. The average Bonchev–Trinajstić information content (AvgIpc) is 2.56. The highest BCUT2D eigenvalue weighted by Crippen LogP contribution is 2.21. The van der Waals surface area contributed by atoms with Crippen molar-refractivity contribution < 1.29 is 4.79 Å². The van der Waals surface area contributed by atoms with Crippen LogP contribution in [0, 0.1) is 0 Å². The molecule has 136 valence electrons. The molecule has 0 aliphatic heterocycles. The Morgan fingerprint density at radius 3 is 1.96 bits per heavy atom. The topological polar surface area (TPSA) is 56.0 Å². The van der Waals surface area contributed by atoms with Crippen LogP contribution in [0.2, 0.25) is 0 Å². The Labute approximate surface area is 148 Å². The van der Waals surface area contributed by atoms with Gasteiger partial charge in [0.05, 0.1) is 0 Å².